The molecule has 1 aromatic heterocycles. The predicted molar refractivity (Wildman–Crippen MR) is 86.3 cm³/mol. The molecule has 2 aromatic rings. The summed E-state index contributed by atoms with van der Waals surface area (Å²) < 4.78 is 55.0. The van der Waals surface area contributed by atoms with Crippen molar-refractivity contribution in [2.75, 3.05) is 18.1 Å². The highest BCUT2D eigenvalue weighted by Gasteiger charge is 2.47. The molecule has 2 heterocycles. The Morgan fingerprint density at radius 3 is 2.64 bits per heavy atom. The first kappa shape index (κ1) is 16.3. The first-order valence-corrected chi connectivity index (χ1v) is 8.23. The molecular formula is C18H17F4N3. The van der Waals surface area contributed by atoms with Crippen LogP contribution in [0.15, 0.2) is 36.7 Å². The second kappa shape index (κ2) is 5.98. The fraction of sp³-hybridized carbons (Fsp3) is 0.389. The topological polar surface area (TPSA) is 28.2 Å². The number of pyridine rings is 1. The van der Waals surface area contributed by atoms with E-state index >= 15 is 0 Å². The Hall–Kier alpha value is -2.15. The van der Waals surface area contributed by atoms with Crippen molar-refractivity contribution >= 4 is 11.4 Å². The number of rotatable bonds is 4. The number of aromatic nitrogens is 1. The molecule has 1 saturated carbocycles. The molecule has 1 aliphatic heterocycles. The van der Waals surface area contributed by atoms with Crippen LogP contribution in [0.4, 0.5) is 28.9 Å². The zero-order valence-electron chi connectivity index (χ0n) is 13.4. The fourth-order valence-corrected chi connectivity index (χ4v) is 3.39. The molecule has 1 aliphatic carbocycles. The number of alkyl halides is 3. The van der Waals surface area contributed by atoms with E-state index in [1.807, 2.05) is 0 Å². The predicted octanol–water partition coefficient (Wildman–Crippen LogP) is 4.32. The van der Waals surface area contributed by atoms with Gasteiger partial charge in [-0.3, -0.25) is 10.3 Å². The van der Waals surface area contributed by atoms with E-state index in [1.165, 1.54) is 43.4 Å². The van der Waals surface area contributed by atoms with Crippen LogP contribution in [0.1, 0.15) is 29.9 Å². The number of hydrogen-bond acceptors (Lipinski definition) is 3. The SMILES string of the molecule is Fc1ccc2c(c1)C(C(F)(F)F)c1ccncc1N2CNCC1CC1. The minimum atomic E-state index is -4.51. The third-order valence-electron chi connectivity index (χ3n) is 4.75. The molecule has 1 N–H and O–H groups in total. The van der Waals surface area contributed by atoms with E-state index in [0.717, 1.165) is 12.6 Å². The van der Waals surface area contributed by atoms with Gasteiger partial charge < -0.3 is 4.90 Å². The highest BCUT2D eigenvalue weighted by atomic mass is 19.4. The van der Waals surface area contributed by atoms with Crippen LogP contribution in [-0.2, 0) is 0 Å². The second-order valence-corrected chi connectivity index (χ2v) is 6.60. The van der Waals surface area contributed by atoms with Crippen LogP contribution in [0, 0.1) is 11.7 Å². The molecule has 3 nitrogen and oxygen atoms in total. The van der Waals surface area contributed by atoms with Crippen molar-refractivity contribution < 1.29 is 17.6 Å². The van der Waals surface area contributed by atoms with Gasteiger partial charge in [0.2, 0.25) is 0 Å². The van der Waals surface area contributed by atoms with Gasteiger partial charge in [0.25, 0.3) is 0 Å². The van der Waals surface area contributed by atoms with E-state index in [2.05, 4.69) is 10.3 Å². The van der Waals surface area contributed by atoms with Gasteiger partial charge in [-0.05, 0) is 60.7 Å². The number of halogens is 4. The summed E-state index contributed by atoms with van der Waals surface area (Å²) in [5.74, 6) is -1.87. The van der Waals surface area contributed by atoms with Crippen molar-refractivity contribution in [2.24, 2.45) is 5.92 Å². The van der Waals surface area contributed by atoms with E-state index in [1.54, 1.807) is 4.90 Å². The maximum absolute atomic E-state index is 13.7. The smallest absolute Gasteiger partial charge is 0.326 e. The van der Waals surface area contributed by atoms with Gasteiger partial charge in [-0.25, -0.2) is 4.39 Å². The van der Waals surface area contributed by atoms with Crippen molar-refractivity contribution in [3.63, 3.8) is 0 Å². The molecule has 0 amide bonds. The molecule has 4 rings (SSSR count). The van der Waals surface area contributed by atoms with Gasteiger partial charge in [-0.1, -0.05) is 0 Å². The first-order chi connectivity index (χ1) is 11.9. The van der Waals surface area contributed by atoms with Crippen LogP contribution in [0.2, 0.25) is 0 Å². The average molecular weight is 351 g/mol. The third kappa shape index (κ3) is 3.08. The largest absolute Gasteiger partial charge is 0.399 e. The lowest BCUT2D eigenvalue weighted by molar-refractivity contribution is -0.141. The van der Waals surface area contributed by atoms with Crippen molar-refractivity contribution in [2.45, 2.75) is 24.9 Å². The zero-order chi connectivity index (χ0) is 17.6. The minimum Gasteiger partial charge on any atom is -0.326 e. The number of hydrogen-bond donors (Lipinski definition) is 1. The molecule has 1 atom stereocenters. The summed E-state index contributed by atoms with van der Waals surface area (Å²) in [7, 11) is 0. The standard InChI is InChI=1S/C18H17F4N3/c19-12-3-4-15-14(7-12)17(18(20,21)22)13-5-6-23-9-16(13)25(15)10-24-8-11-1-2-11/h3-7,9,11,17,24H,1-2,8,10H2. The molecule has 7 heteroatoms. The lowest BCUT2D eigenvalue weighted by Crippen LogP contribution is -2.38. The molecule has 0 bridgehead atoms. The summed E-state index contributed by atoms with van der Waals surface area (Å²) >= 11 is 0. The Bertz CT molecular complexity index is 786. The molecule has 132 valence electrons. The van der Waals surface area contributed by atoms with Crippen molar-refractivity contribution in [1.29, 1.82) is 0 Å². The van der Waals surface area contributed by atoms with Crippen molar-refractivity contribution in [1.82, 2.24) is 10.3 Å². The Labute approximate surface area is 142 Å². The molecule has 1 unspecified atom stereocenters. The van der Waals surface area contributed by atoms with Gasteiger partial charge in [0.15, 0.2) is 0 Å². The van der Waals surface area contributed by atoms with E-state index in [9.17, 15) is 17.6 Å². The lowest BCUT2D eigenvalue weighted by atomic mass is 9.85. The molecule has 2 aliphatic rings. The maximum Gasteiger partial charge on any atom is 0.399 e. The summed E-state index contributed by atoms with van der Waals surface area (Å²) in [6.45, 7) is 1.18. The van der Waals surface area contributed by atoms with Gasteiger partial charge in [-0.15, -0.1) is 0 Å². The van der Waals surface area contributed by atoms with Crippen LogP contribution < -0.4 is 10.2 Å². The number of nitrogens with zero attached hydrogens (tertiary/aromatic N) is 2. The van der Waals surface area contributed by atoms with E-state index in [-0.39, 0.29) is 11.1 Å². The summed E-state index contributed by atoms with van der Waals surface area (Å²) in [5, 5.41) is 3.29. The monoisotopic (exact) mass is 351 g/mol. The van der Waals surface area contributed by atoms with E-state index in [4.69, 9.17) is 0 Å². The van der Waals surface area contributed by atoms with Crippen LogP contribution in [0.3, 0.4) is 0 Å². The summed E-state index contributed by atoms with van der Waals surface area (Å²) in [6, 6.07) is 4.97. The number of nitrogens with one attached hydrogen (secondary N) is 1. The Balaban J connectivity index is 1.78. The fourth-order valence-electron chi connectivity index (χ4n) is 3.39. The summed E-state index contributed by atoms with van der Waals surface area (Å²) in [6.07, 6.45) is 0.648. The molecular weight excluding hydrogens is 334 g/mol. The molecule has 0 spiro atoms. The van der Waals surface area contributed by atoms with Gasteiger partial charge in [0.1, 0.15) is 11.7 Å². The highest BCUT2D eigenvalue weighted by Crippen LogP contribution is 2.51. The van der Waals surface area contributed by atoms with Gasteiger partial charge in [-0.2, -0.15) is 13.2 Å². The van der Waals surface area contributed by atoms with Crippen molar-refractivity contribution in [3.05, 3.63) is 53.6 Å². The Morgan fingerprint density at radius 2 is 1.92 bits per heavy atom. The summed E-state index contributed by atoms with van der Waals surface area (Å²) in [4.78, 5) is 5.75. The van der Waals surface area contributed by atoms with Crippen LogP contribution in [-0.4, -0.2) is 24.4 Å². The van der Waals surface area contributed by atoms with Gasteiger partial charge in [0.05, 0.1) is 18.6 Å². The van der Waals surface area contributed by atoms with E-state index < -0.39 is 17.9 Å². The maximum atomic E-state index is 13.7. The molecule has 1 aromatic carbocycles. The number of benzene rings is 1. The van der Waals surface area contributed by atoms with Gasteiger partial charge >= 0.3 is 6.18 Å². The van der Waals surface area contributed by atoms with Crippen LogP contribution in [0.25, 0.3) is 0 Å². The van der Waals surface area contributed by atoms with Gasteiger partial charge in [0, 0.05) is 11.9 Å². The minimum absolute atomic E-state index is 0.0561. The van der Waals surface area contributed by atoms with Crippen molar-refractivity contribution in [3.8, 4) is 0 Å². The molecule has 0 saturated heterocycles. The first-order valence-electron chi connectivity index (χ1n) is 8.23. The average Bonchev–Trinajstić information content (AvgIpc) is 3.37. The Kier molecular flexibility index (Phi) is 3.91. The third-order valence-corrected chi connectivity index (χ3v) is 4.75. The lowest BCUT2D eigenvalue weighted by Gasteiger charge is -2.38. The van der Waals surface area contributed by atoms with Crippen LogP contribution >= 0.6 is 0 Å². The number of fused-ring (bicyclic) bond motifs is 2. The molecule has 1 fully saturated rings. The summed E-state index contributed by atoms with van der Waals surface area (Å²) in [5.41, 5.74) is 0.827. The van der Waals surface area contributed by atoms with Crippen LogP contribution in [0.5, 0.6) is 0 Å². The second-order valence-electron chi connectivity index (χ2n) is 6.60. The van der Waals surface area contributed by atoms with E-state index in [0.29, 0.717) is 24.0 Å². The normalized spacial score (nSPS) is 19.5. The quantitative estimate of drug-likeness (QED) is 0.832. The number of anilines is 2. The molecule has 0 radical (unpaired) electrons. The highest BCUT2D eigenvalue weighted by molar-refractivity contribution is 5.75. The zero-order valence-corrected chi connectivity index (χ0v) is 13.4. The Morgan fingerprint density at radius 1 is 1.12 bits per heavy atom. The molecule has 25 heavy (non-hydrogen) atoms.